The molecule has 0 radical (unpaired) electrons. The van der Waals surface area contributed by atoms with Crippen LogP contribution in [0.4, 0.5) is 5.69 Å². The van der Waals surface area contributed by atoms with Crippen LogP contribution in [0.1, 0.15) is 42.7 Å². The first-order valence-electron chi connectivity index (χ1n) is 6.72. The number of aryl methyl sites for hydroxylation is 1. The number of nitrogens with one attached hydrogen (secondary N) is 1. The Morgan fingerprint density at radius 2 is 2.17 bits per heavy atom. The van der Waals surface area contributed by atoms with E-state index in [2.05, 4.69) is 24.4 Å². The van der Waals surface area contributed by atoms with Crippen LogP contribution in [0.2, 0.25) is 0 Å². The molecule has 0 spiro atoms. The molecule has 1 amide bonds. The van der Waals surface area contributed by atoms with Crippen molar-refractivity contribution in [1.29, 1.82) is 0 Å². The highest BCUT2D eigenvalue weighted by atomic mass is 35.5. The van der Waals surface area contributed by atoms with Gasteiger partial charge in [-0.05, 0) is 48.3 Å². The molecule has 3 rings (SSSR count). The minimum Gasteiger partial charge on any atom is -0.326 e. The summed E-state index contributed by atoms with van der Waals surface area (Å²) in [7, 11) is 0. The average molecular weight is 264 g/mol. The maximum atomic E-state index is 11.5. The summed E-state index contributed by atoms with van der Waals surface area (Å²) in [6, 6.07) is 6.26. The molecule has 1 aliphatic heterocycles. The van der Waals surface area contributed by atoms with E-state index < -0.39 is 0 Å². The largest absolute Gasteiger partial charge is 0.326 e. The highest BCUT2D eigenvalue weighted by molar-refractivity contribution is 6.21. The molecule has 1 aliphatic carbocycles. The quantitative estimate of drug-likeness (QED) is 0.806. The number of rotatable bonds is 2. The zero-order valence-electron chi connectivity index (χ0n) is 10.6. The number of halogens is 1. The highest BCUT2D eigenvalue weighted by Gasteiger charge is 2.39. The third kappa shape index (κ3) is 2.26. The Morgan fingerprint density at radius 1 is 1.39 bits per heavy atom. The fraction of sp³-hybridized carbons (Fsp3) is 0.533. The Balaban J connectivity index is 1.86. The lowest BCUT2D eigenvalue weighted by Crippen LogP contribution is -2.09. The lowest BCUT2D eigenvalue weighted by Gasteiger charge is -2.13. The van der Waals surface area contributed by atoms with Crippen molar-refractivity contribution in [2.45, 2.75) is 38.0 Å². The molecule has 3 unspecified atom stereocenters. The second-order valence-corrected chi connectivity index (χ2v) is 6.07. The van der Waals surface area contributed by atoms with Gasteiger partial charge in [-0.2, -0.15) is 0 Å². The van der Waals surface area contributed by atoms with E-state index in [9.17, 15) is 4.79 Å². The first kappa shape index (κ1) is 12.0. The van der Waals surface area contributed by atoms with Crippen LogP contribution in [0.15, 0.2) is 18.2 Å². The number of amides is 1. The molecule has 1 fully saturated rings. The van der Waals surface area contributed by atoms with Crippen LogP contribution in [0.3, 0.4) is 0 Å². The van der Waals surface area contributed by atoms with Crippen LogP contribution in [-0.2, 0) is 11.2 Å². The Bertz CT molecular complexity index is 485. The van der Waals surface area contributed by atoms with Gasteiger partial charge in [0.15, 0.2) is 0 Å². The van der Waals surface area contributed by atoms with Gasteiger partial charge in [0.05, 0.1) is 5.38 Å². The second-order valence-electron chi connectivity index (χ2n) is 5.60. The molecule has 1 heterocycles. The van der Waals surface area contributed by atoms with E-state index in [1.807, 2.05) is 6.07 Å². The van der Waals surface area contributed by atoms with E-state index in [4.69, 9.17) is 11.6 Å². The minimum atomic E-state index is 0.125. The van der Waals surface area contributed by atoms with Crippen LogP contribution >= 0.6 is 11.6 Å². The van der Waals surface area contributed by atoms with E-state index in [0.29, 0.717) is 12.3 Å². The number of carbonyl (C=O) groups excluding carboxylic acids is 1. The predicted molar refractivity (Wildman–Crippen MR) is 73.9 cm³/mol. The summed E-state index contributed by atoms with van der Waals surface area (Å²) in [5.74, 6) is 1.51. The fourth-order valence-electron chi connectivity index (χ4n) is 2.77. The smallest absolute Gasteiger partial charge is 0.224 e. The Morgan fingerprint density at radius 3 is 2.89 bits per heavy atom. The van der Waals surface area contributed by atoms with Crippen LogP contribution in [0.25, 0.3) is 0 Å². The highest BCUT2D eigenvalue weighted by Crippen LogP contribution is 2.50. The van der Waals surface area contributed by atoms with E-state index in [0.717, 1.165) is 24.4 Å². The van der Waals surface area contributed by atoms with Gasteiger partial charge in [-0.3, -0.25) is 4.79 Å². The lowest BCUT2D eigenvalue weighted by molar-refractivity contribution is -0.116. The molecular formula is C15H18ClNO. The summed E-state index contributed by atoms with van der Waals surface area (Å²) in [5, 5.41) is 3.09. The SMILES string of the molecule is CC1CC1C(Cl)c1ccc2c(c1)CCCC(=O)N2. The Kier molecular flexibility index (Phi) is 3.06. The van der Waals surface area contributed by atoms with Crippen LogP contribution in [0, 0.1) is 11.8 Å². The van der Waals surface area contributed by atoms with Crippen molar-refractivity contribution < 1.29 is 4.79 Å². The van der Waals surface area contributed by atoms with Gasteiger partial charge in [-0.15, -0.1) is 11.6 Å². The fourth-order valence-corrected chi connectivity index (χ4v) is 3.26. The van der Waals surface area contributed by atoms with Gasteiger partial charge >= 0.3 is 0 Å². The van der Waals surface area contributed by atoms with Gasteiger partial charge in [-0.1, -0.05) is 19.1 Å². The van der Waals surface area contributed by atoms with Gasteiger partial charge in [0.25, 0.3) is 0 Å². The first-order valence-corrected chi connectivity index (χ1v) is 7.15. The molecule has 2 aliphatic rings. The Hall–Kier alpha value is -1.02. The molecule has 3 atom stereocenters. The number of anilines is 1. The monoisotopic (exact) mass is 263 g/mol. The molecule has 0 saturated heterocycles. The topological polar surface area (TPSA) is 29.1 Å². The van der Waals surface area contributed by atoms with Gasteiger partial charge in [0, 0.05) is 12.1 Å². The third-order valence-electron chi connectivity index (χ3n) is 4.12. The third-order valence-corrected chi connectivity index (χ3v) is 4.70. The summed E-state index contributed by atoms with van der Waals surface area (Å²) in [6.07, 6.45) is 3.75. The summed E-state index contributed by atoms with van der Waals surface area (Å²) < 4.78 is 0. The Labute approximate surface area is 113 Å². The molecule has 18 heavy (non-hydrogen) atoms. The lowest BCUT2D eigenvalue weighted by atomic mass is 10.0. The van der Waals surface area contributed by atoms with Crippen LogP contribution < -0.4 is 5.32 Å². The summed E-state index contributed by atoms with van der Waals surface area (Å²) >= 11 is 6.52. The van der Waals surface area contributed by atoms with Crippen LogP contribution in [-0.4, -0.2) is 5.91 Å². The van der Waals surface area contributed by atoms with Crippen LogP contribution in [0.5, 0.6) is 0 Å². The maximum absolute atomic E-state index is 11.5. The van der Waals surface area contributed by atoms with Crippen molar-refractivity contribution in [2.75, 3.05) is 5.32 Å². The molecule has 0 aromatic heterocycles. The molecule has 1 N–H and O–H groups in total. The van der Waals surface area contributed by atoms with Crippen molar-refractivity contribution in [3.63, 3.8) is 0 Å². The number of hydrogen-bond acceptors (Lipinski definition) is 1. The van der Waals surface area contributed by atoms with Gasteiger partial charge < -0.3 is 5.32 Å². The number of carbonyl (C=O) groups is 1. The summed E-state index contributed by atoms with van der Waals surface area (Å²) in [5.41, 5.74) is 3.41. The van der Waals surface area contributed by atoms with E-state index >= 15 is 0 Å². The first-order chi connectivity index (χ1) is 8.65. The van der Waals surface area contributed by atoms with Crippen molar-refractivity contribution in [1.82, 2.24) is 0 Å². The molecule has 1 saturated carbocycles. The molecule has 1 aromatic rings. The minimum absolute atomic E-state index is 0.125. The number of hydrogen-bond donors (Lipinski definition) is 1. The van der Waals surface area contributed by atoms with Crippen molar-refractivity contribution in [3.8, 4) is 0 Å². The molecule has 0 bridgehead atoms. The predicted octanol–water partition coefficient (Wildman–Crippen LogP) is 3.90. The molecule has 2 nitrogen and oxygen atoms in total. The number of benzene rings is 1. The standard InChI is InChI=1S/C15H18ClNO/c1-9-7-12(9)15(16)11-5-6-13-10(8-11)3-2-4-14(18)17-13/h5-6,8-9,12,15H,2-4,7H2,1H3,(H,17,18). The van der Waals surface area contributed by atoms with E-state index in [1.54, 1.807) is 0 Å². The molecule has 1 aromatic carbocycles. The van der Waals surface area contributed by atoms with E-state index in [1.165, 1.54) is 17.5 Å². The number of fused-ring (bicyclic) bond motifs is 1. The zero-order chi connectivity index (χ0) is 12.7. The molecule has 96 valence electrons. The van der Waals surface area contributed by atoms with Gasteiger partial charge in [0.1, 0.15) is 0 Å². The van der Waals surface area contributed by atoms with Crippen molar-refractivity contribution in [3.05, 3.63) is 29.3 Å². The van der Waals surface area contributed by atoms with Gasteiger partial charge in [-0.25, -0.2) is 0 Å². The normalized spacial score (nSPS) is 28.0. The second kappa shape index (κ2) is 4.58. The molecular weight excluding hydrogens is 246 g/mol. The van der Waals surface area contributed by atoms with Crippen molar-refractivity contribution >= 4 is 23.2 Å². The average Bonchev–Trinajstić information content (AvgIpc) is 3.09. The zero-order valence-corrected chi connectivity index (χ0v) is 11.3. The van der Waals surface area contributed by atoms with Crippen molar-refractivity contribution in [2.24, 2.45) is 11.8 Å². The maximum Gasteiger partial charge on any atom is 0.224 e. The molecule has 3 heteroatoms. The van der Waals surface area contributed by atoms with E-state index in [-0.39, 0.29) is 11.3 Å². The number of alkyl halides is 1. The summed E-state index contributed by atoms with van der Waals surface area (Å²) in [6.45, 7) is 2.25. The summed E-state index contributed by atoms with van der Waals surface area (Å²) in [4.78, 5) is 11.5. The van der Waals surface area contributed by atoms with Gasteiger partial charge in [0.2, 0.25) is 5.91 Å².